The number of nitrogens with zero attached hydrogens (tertiary/aromatic N) is 3. The van der Waals surface area contributed by atoms with Gasteiger partial charge in [0.05, 0.1) is 13.2 Å². The van der Waals surface area contributed by atoms with E-state index in [2.05, 4.69) is 51.4 Å². The third-order valence-corrected chi connectivity index (χ3v) is 3.29. The van der Waals surface area contributed by atoms with E-state index in [1.54, 1.807) is 19.5 Å². The van der Waals surface area contributed by atoms with E-state index in [0.717, 1.165) is 23.5 Å². The molecule has 2 rings (SSSR count). The molecule has 0 amide bonds. The molecule has 1 atom stereocenters. The van der Waals surface area contributed by atoms with Gasteiger partial charge in [0.1, 0.15) is 5.69 Å². The Kier molecular flexibility index (Phi) is 5.11. The van der Waals surface area contributed by atoms with Crippen LogP contribution in [-0.4, -0.2) is 37.7 Å². The summed E-state index contributed by atoms with van der Waals surface area (Å²) in [7, 11) is 5.68. The number of hydrogen-bond donors (Lipinski definition) is 1. The van der Waals surface area contributed by atoms with E-state index in [9.17, 15) is 0 Å². The van der Waals surface area contributed by atoms with Gasteiger partial charge in [0.2, 0.25) is 5.88 Å². The zero-order chi connectivity index (χ0) is 15.2. The molecular formula is C16H22N4O. The van der Waals surface area contributed by atoms with E-state index < -0.39 is 0 Å². The summed E-state index contributed by atoms with van der Waals surface area (Å²) in [6, 6.07) is 8.34. The lowest BCUT2D eigenvalue weighted by molar-refractivity contribution is 0.383. The molecule has 0 fully saturated rings. The topological polar surface area (TPSA) is 50.3 Å². The monoisotopic (exact) mass is 286 g/mol. The summed E-state index contributed by atoms with van der Waals surface area (Å²) in [6.07, 6.45) is 3.33. The van der Waals surface area contributed by atoms with Crippen molar-refractivity contribution in [3.05, 3.63) is 47.9 Å². The largest absolute Gasteiger partial charge is 0.480 e. The first kappa shape index (κ1) is 15.3. The minimum absolute atomic E-state index is 0.0430. The number of nitrogens with one attached hydrogen (secondary N) is 1. The molecule has 0 aliphatic heterocycles. The van der Waals surface area contributed by atoms with E-state index in [0.29, 0.717) is 5.88 Å². The Bertz CT molecular complexity index is 586. The van der Waals surface area contributed by atoms with E-state index in [-0.39, 0.29) is 6.04 Å². The smallest absolute Gasteiger partial charge is 0.237 e. The molecule has 1 N–H and O–H groups in total. The SMILES string of the molecule is CCNC(c1cccc(N(C)C)c1)c1nccnc1OC. The van der Waals surface area contributed by atoms with Crippen molar-refractivity contribution in [3.8, 4) is 5.88 Å². The summed E-state index contributed by atoms with van der Waals surface area (Å²) in [5.41, 5.74) is 3.10. The first-order chi connectivity index (χ1) is 10.2. The Hall–Kier alpha value is -2.14. The maximum Gasteiger partial charge on any atom is 0.237 e. The summed E-state index contributed by atoms with van der Waals surface area (Å²) in [5, 5.41) is 3.46. The van der Waals surface area contributed by atoms with Gasteiger partial charge in [-0.3, -0.25) is 4.98 Å². The fourth-order valence-electron chi connectivity index (χ4n) is 2.25. The fraction of sp³-hybridized carbons (Fsp3) is 0.375. The van der Waals surface area contributed by atoms with Crippen molar-refractivity contribution in [2.45, 2.75) is 13.0 Å². The number of ether oxygens (including phenoxy) is 1. The lowest BCUT2D eigenvalue weighted by Crippen LogP contribution is -2.24. The average Bonchev–Trinajstić information content (AvgIpc) is 2.52. The molecule has 0 radical (unpaired) electrons. The third-order valence-electron chi connectivity index (χ3n) is 3.29. The maximum absolute atomic E-state index is 5.35. The quantitative estimate of drug-likeness (QED) is 0.882. The van der Waals surface area contributed by atoms with Crippen molar-refractivity contribution >= 4 is 5.69 Å². The van der Waals surface area contributed by atoms with Gasteiger partial charge in [-0.1, -0.05) is 19.1 Å². The van der Waals surface area contributed by atoms with Gasteiger partial charge in [0, 0.05) is 32.2 Å². The second-order valence-electron chi connectivity index (χ2n) is 4.93. The second kappa shape index (κ2) is 7.04. The van der Waals surface area contributed by atoms with Crippen LogP contribution in [0.15, 0.2) is 36.7 Å². The van der Waals surface area contributed by atoms with E-state index in [1.807, 2.05) is 14.1 Å². The molecule has 0 saturated heterocycles. The van der Waals surface area contributed by atoms with Crippen molar-refractivity contribution in [1.82, 2.24) is 15.3 Å². The molecular weight excluding hydrogens is 264 g/mol. The average molecular weight is 286 g/mol. The molecule has 5 heteroatoms. The standard InChI is InChI=1S/C16H22N4O/c1-5-17-14(15-16(21-4)19-10-9-18-15)12-7-6-8-13(11-12)20(2)3/h6-11,14,17H,5H2,1-4H3. The van der Waals surface area contributed by atoms with Crippen molar-refractivity contribution < 1.29 is 4.74 Å². The van der Waals surface area contributed by atoms with E-state index in [1.165, 1.54) is 0 Å². The van der Waals surface area contributed by atoms with Crippen LogP contribution >= 0.6 is 0 Å². The summed E-state index contributed by atoms with van der Waals surface area (Å²) in [6.45, 7) is 2.90. The van der Waals surface area contributed by atoms with Gasteiger partial charge in [-0.15, -0.1) is 0 Å². The highest BCUT2D eigenvalue weighted by molar-refractivity contribution is 5.49. The van der Waals surface area contributed by atoms with Crippen LogP contribution in [0.5, 0.6) is 5.88 Å². The Morgan fingerprint density at radius 2 is 2.00 bits per heavy atom. The summed E-state index contributed by atoms with van der Waals surface area (Å²) < 4.78 is 5.35. The van der Waals surface area contributed by atoms with Gasteiger partial charge in [0.25, 0.3) is 0 Å². The Balaban J connectivity index is 2.45. The molecule has 0 aliphatic rings. The highest BCUT2D eigenvalue weighted by Gasteiger charge is 2.20. The molecule has 0 saturated carbocycles. The van der Waals surface area contributed by atoms with Crippen molar-refractivity contribution in [2.24, 2.45) is 0 Å². The number of anilines is 1. The van der Waals surface area contributed by atoms with Crippen molar-refractivity contribution in [2.75, 3.05) is 32.6 Å². The first-order valence-electron chi connectivity index (χ1n) is 7.03. The second-order valence-corrected chi connectivity index (χ2v) is 4.93. The summed E-state index contributed by atoms with van der Waals surface area (Å²) in [4.78, 5) is 10.8. The molecule has 1 aromatic heterocycles. The van der Waals surface area contributed by atoms with Gasteiger partial charge >= 0.3 is 0 Å². The molecule has 1 unspecified atom stereocenters. The van der Waals surface area contributed by atoms with Crippen LogP contribution in [-0.2, 0) is 0 Å². The van der Waals surface area contributed by atoms with Gasteiger partial charge in [-0.2, -0.15) is 0 Å². The molecule has 1 aromatic carbocycles. The zero-order valence-corrected chi connectivity index (χ0v) is 13.0. The Morgan fingerprint density at radius 3 is 2.67 bits per heavy atom. The molecule has 0 spiro atoms. The predicted octanol–water partition coefficient (Wildman–Crippen LogP) is 2.25. The highest BCUT2D eigenvalue weighted by atomic mass is 16.5. The van der Waals surface area contributed by atoms with Crippen LogP contribution in [0.3, 0.4) is 0 Å². The summed E-state index contributed by atoms with van der Waals surface area (Å²) in [5.74, 6) is 0.554. The predicted molar refractivity (Wildman–Crippen MR) is 84.9 cm³/mol. The van der Waals surface area contributed by atoms with Crippen molar-refractivity contribution in [3.63, 3.8) is 0 Å². The van der Waals surface area contributed by atoms with Crippen LogP contribution < -0.4 is 15.0 Å². The number of benzene rings is 1. The molecule has 5 nitrogen and oxygen atoms in total. The number of hydrogen-bond acceptors (Lipinski definition) is 5. The van der Waals surface area contributed by atoms with E-state index in [4.69, 9.17) is 4.74 Å². The Morgan fingerprint density at radius 1 is 1.24 bits per heavy atom. The molecule has 0 aliphatic carbocycles. The van der Waals surface area contributed by atoms with Gasteiger partial charge in [-0.05, 0) is 24.2 Å². The number of rotatable bonds is 6. The minimum Gasteiger partial charge on any atom is -0.480 e. The van der Waals surface area contributed by atoms with Gasteiger partial charge < -0.3 is 15.0 Å². The first-order valence-corrected chi connectivity index (χ1v) is 7.03. The fourth-order valence-corrected chi connectivity index (χ4v) is 2.25. The molecule has 2 aromatic rings. The van der Waals surface area contributed by atoms with Crippen LogP contribution in [0.25, 0.3) is 0 Å². The van der Waals surface area contributed by atoms with Crippen LogP contribution in [0.4, 0.5) is 5.69 Å². The zero-order valence-electron chi connectivity index (χ0n) is 13.0. The molecule has 1 heterocycles. The summed E-state index contributed by atoms with van der Waals surface area (Å²) >= 11 is 0. The lowest BCUT2D eigenvalue weighted by atomic mass is 10.0. The maximum atomic E-state index is 5.35. The molecule has 0 bridgehead atoms. The highest BCUT2D eigenvalue weighted by Crippen LogP contribution is 2.28. The normalized spacial score (nSPS) is 12.0. The van der Waals surface area contributed by atoms with Crippen molar-refractivity contribution in [1.29, 1.82) is 0 Å². The van der Waals surface area contributed by atoms with Crippen LogP contribution in [0.1, 0.15) is 24.2 Å². The van der Waals surface area contributed by atoms with Crippen LogP contribution in [0, 0.1) is 0 Å². The number of aromatic nitrogens is 2. The number of methoxy groups -OCH3 is 1. The van der Waals surface area contributed by atoms with Crippen LogP contribution in [0.2, 0.25) is 0 Å². The molecule has 112 valence electrons. The third kappa shape index (κ3) is 3.49. The Labute approximate surface area is 126 Å². The minimum atomic E-state index is -0.0430. The molecule has 21 heavy (non-hydrogen) atoms. The van der Waals surface area contributed by atoms with Gasteiger partial charge in [-0.25, -0.2) is 4.98 Å². The van der Waals surface area contributed by atoms with Gasteiger partial charge in [0.15, 0.2) is 0 Å². The van der Waals surface area contributed by atoms with E-state index >= 15 is 0 Å². The lowest BCUT2D eigenvalue weighted by Gasteiger charge is -2.21.